The van der Waals surface area contributed by atoms with Crippen molar-refractivity contribution in [3.05, 3.63) is 65.7 Å². The third-order valence-corrected chi connectivity index (χ3v) is 5.95. The topological polar surface area (TPSA) is 88.6 Å². The molecule has 2 aromatic heterocycles. The third kappa shape index (κ3) is 2.72. The molecule has 10 nitrogen and oxygen atoms in total. The first kappa shape index (κ1) is 18.7. The maximum Gasteiger partial charge on any atom is 0.217 e. The third-order valence-electron chi connectivity index (χ3n) is 5.95. The van der Waals surface area contributed by atoms with Crippen LogP contribution in [0.25, 0.3) is 11.0 Å². The van der Waals surface area contributed by atoms with Crippen molar-refractivity contribution >= 4 is 22.9 Å². The molecule has 2 aliphatic heterocycles. The van der Waals surface area contributed by atoms with E-state index in [4.69, 9.17) is 14.7 Å². The van der Waals surface area contributed by atoms with Gasteiger partial charge in [-0.25, -0.2) is 14.7 Å². The van der Waals surface area contributed by atoms with Gasteiger partial charge in [0, 0.05) is 0 Å². The molecular weight excluding hydrogens is 406 g/mol. The second-order valence-electron chi connectivity index (χ2n) is 7.90. The van der Waals surface area contributed by atoms with E-state index in [-0.39, 0.29) is 6.17 Å². The van der Waals surface area contributed by atoms with Gasteiger partial charge in [0.15, 0.2) is 0 Å². The molecule has 0 aliphatic carbocycles. The van der Waals surface area contributed by atoms with Crippen molar-refractivity contribution in [3.63, 3.8) is 0 Å². The van der Waals surface area contributed by atoms with Gasteiger partial charge in [-0.1, -0.05) is 24.3 Å². The smallest absolute Gasteiger partial charge is 0.217 e. The lowest BCUT2D eigenvalue weighted by Crippen LogP contribution is -2.59. The summed E-state index contributed by atoms with van der Waals surface area (Å²) in [5, 5.41) is 14.1. The number of nitrogens with one attached hydrogen (secondary N) is 1. The highest BCUT2D eigenvalue weighted by atomic mass is 16.5. The highest BCUT2D eigenvalue weighted by molar-refractivity contribution is 5.99. The second kappa shape index (κ2) is 6.98. The van der Waals surface area contributed by atoms with Crippen molar-refractivity contribution in [2.45, 2.75) is 20.0 Å². The molecule has 162 valence electrons. The molecule has 0 radical (unpaired) electrons. The van der Waals surface area contributed by atoms with Gasteiger partial charge < -0.3 is 10.1 Å². The summed E-state index contributed by atoms with van der Waals surface area (Å²) in [7, 11) is 1.68. The van der Waals surface area contributed by atoms with Gasteiger partial charge in [-0.2, -0.15) is 0 Å². The van der Waals surface area contributed by atoms with E-state index in [9.17, 15) is 0 Å². The zero-order valence-corrected chi connectivity index (χ0v) is 18.1. The Morgan fingerprint density at radius 1 is 1.00 bits per heavy atom. The molecule has 2 aromatic carbocycles. The van der Waals surface area contributed by atoms with Crippen molar-refractivity contribution < 1.29 is 4.74 Å². The van der Waals surface area contributed by atoms with Crippen molar-refractivity contribution in [2.75, 3.05) is 30.4 Å². The number of nitrogens with zero attached hydrogens (tertiary/aromatic N) is 8. The molecule has 0 bridgehead atoms. The molecule has 32 heavy (non-hydrogen) atoms. The molecule has 4 aromatic rings. The molecule has 0 saturated heterocycles. The molecule has 0 fully saturated rings. The van der Waals surface area contributed by atoms with E-state index >= 15 is 0 Å². The van der Waals surface area contributed by atoms with Gasteiger partial charge >= 0.3 is 0 Å². The number of methoxy groups -OCH3 is 1. The minimum Gasteiger partial charge on any atom is -0.497 e. The molecule has 2 aliphatic rings. The summed E-state index contributed by atoms with van der Waals surface area (Å²) in [6.45, 7) is 4.96. The van der Waals surface area contributed by atoms with Crippen LogP contribution in [0.15, 0.2) is 53.5 Å². The number of aromatic nitrogens is 5. The van der Waals surface area contributed by atoms with Crippen LogP contribution in [-0.2, 0) is 0 Å². The molecule has 0 spiro atoms. The van der Waals surface area contributed by atoms with Crippen LogP contribution in [0.2, 0.25) is 0 Å². The van der Waals surface area contributed by atoms with Crippen molar-refractivity contribution in [1.29, 1.82) is 0 Å². The quantitative estimate of drug-likeness (QED) is 0.534. The number of hydrogen-bond donors (Lipinski definition) is 1. The lowest BCUT2D eigenvalue weighted by Gasteiger charge is -2.42. The molecule has 0 unspecified atom stereocenters. The first-order valence-electron chi connectivity index (χ1n) is 10.5. The Labute approximate surface area is 184 Å². The highest BCUT2D eigenvalue weighted by Gasteiger charge is 2.36. The van der Waals surface area contributed by atoms with Crippen LogP contribution in [0.5, 0.6) is 5.75 Å². The van der Waals surface area contributed by atoms with Crippen LogP contribution in [0.1, 0.15) is 23.4 Å². The summed E-state index contributed by atoms with van der Waals surface area (Å²) < 4.78 is 9.57. The fourth-order valence-corrected chi connectivity index (χ4v) is 4.47. The van der Waals surface area contributed by atoms with E-state index in [1.54, 1.807) is 7.11 Å². The Balaban J connectivity index is 1.48. The fraction of sp³-hybridized carbons (Fsp3) is 0.273. The summed E-state index contributed by atoms with van der Waals surface area (Å²) in [5.74, 6) is 4.13. The van der Waals surface area contributed by atoms with Crippen molar-refractivity contribution in [1.82, 2.24) is 29.7 Å². The Kier molecular flexibility index (Phi) is 4.07. The normalized spacial score (nSPS) is 17.6. The molecule has 4 heterocycles. The average molecular weight is 429 g/mol. The van der Waals surface area contributed by atoms with Gasteiger partial charge in [0.2, 0.25) is 11.9 Å². The number of guanidine groups is 1. The maximum absolute atomic E-state index is 5.34. The van der Waals surface area contributed by atoms with Gasteiger partial charge in [0.25, 0.3) is 0 Å². The van der Waals surface area contributed by atoms with Gasteiger partial charge in [-0.05, 0) is 43.7 Å². The fourth-order valence-electron chi connectivity index (χ4n) is 4.47. The van der Waals surface area contributed by atoms with Crippen LogP contribution < -0.4 is 20.0 Å². The second-order valence-corrected chi connectivity index (χ2v) is 7.90. The van der Waals surface area contributed by atoms with Gasteiger partial charge in [-0.3, -0.25) is 14.5 Å². The number of aliphatic imine (C=N–C) groups is 1. The van der Waals surface area contributed by atoms with E-state index < -0.39 is 0 Å². The Bertz CT molecular complexity index is 1320. The maximum atomic E-state index is 5.34. The predicted octanol–water partition coefficient (Wildman–Crippen LogP) is 2.13. The first-order valence-corrected chi connectivity index (χ1v) is 10.5. The van der Waals surface area contributed by atoms with Crippen LogP contribution in [0.3, 0.4) is 0 Å². The van der Waals surface area contributed by atoms with Crippen LogP contribution in [0.4, 0.5) is 5.95 Å². The number of para-hydroxylation sites is 2. The minimum absolute atomic E-state index is 0.136. The largest absolute Gasteiger partial charge is 0.497 e. The van der Waals surface area contributed by atoms with E-state index in [2.05, 4.69) is 48.2 Å². The van der Waals surface area contributed by atoms with Gasteiger partial charge in [0.05, 0.1) is 18.1 Å². The lowest BCUT2D eigenvalue weighted by atomic mass is 10.1. The SMILES string of the molecule is COc1ccc([C@@H]2NC3=NCN(n4c(C)nnc4C)CN3c3nc4ccccc4n32)cc1. The summed E-state index contributed by atoms with van der Waals surface area (Å²) in [5.41, 5.74) is 3.10. The summed E-state index contributed by atoms with van der Waals surface area (Å²) in [6.07, 6.45) is -0.136. The molecule has 1 N–H and O–H groups in total. The lowest BCUT2D eigenvalue weighted by molar-refractivity contribution is 0.414. The van der Waals surface area contributed by atoms with E-state index in [0.29, 0.717) is 13.3 Å². The number of ether oxygens (including phenoxy) is 1. The number of anilines is 1. The number of benzene rings is 2. The molecule has 6 rings (SSSR count). The molecule has 0 amide bonds. The molecule has 0 saturated carbocycles. The molecule has 10 heteroatoms. The highest BCUT2D eigenvalue weighted by Crippen LogP contribution is 2.34. The number of fused-ring (bicyclic) bond motifs is 5. The number of imidazole rings is 1. The van der Waals surface area contributed by atoms with Crippen LogP contribution >= 0.6 is 0 Å². The standard InChI is InChI=1S/C22H23N9O/c1-14-26-27-15(2)31(14)28-12-23-21-25-20(16-8-10-17(32-3)11-9-16)30-19-7-5-4-6-18(19)24-22(30)29(21)13-28/h4-11,20H,12-13H2,1-3H3,(H,23,25)/t20-/m1/s1. The van der Waals surface area contributed by atoms with Crippen LogP contribution in [-0.4, -0.2) is 50.8 Å². The summed E-state index contributed by atoms with van der Waals surface area (Å²) >= 11 is 0. The average Bonchev–Trinajstić information content (AvgIpc) is 3.38. The first-order chi connectivity index (χ1) is 15.6. The minimum atomic E-state index is -0.136. The van der Waals surface area contributed by atoms with Gasteiger partial charge in [0.1, 0.15) is 36.9 Å². The summed E-state index contributed by atoms with van der Waals surface area (Å²) in [4.78, 5) is 11.9. The van der Waals surface area contributed by atoms with Crippen molar-refractivity contribution in [3.8, 4) is 5.75 Å². The number of rotatable bonds is 3. The van der Waals surface area contributed by atoms with Gasteiger partial charge in [-0.15, -0.1) is 10.2 Å². The van der Waals surface area contributed by atoms with E-state index in [0.717, 1.165) is 45.9 Å². The molecule has 1 atom stereocenters. The number of aryl methyl sites for hydroxylation is 2. The number of hydrogen-bond acceptors (Lipinski definition) is 8. The van der Waals surface area contributed by atoms with Crippen molar-refractivity contribution in [2.24, 2.45) is 4.99 Å². The molecular formula is C22H23N9O. The van der Waals surface area contributed by atoms with Crippen LogP contribution in [0, 0.1) is 13.8 Å². The summed E-state index contributed by atoms with van der Waals surface area (Å²) in [6, 6.07) is 16.3. The zero-order chi connectivity index (χ0) is 21.8. The van der Waals surface area contributed by atoms with E-state index in [1.165, 1.54) is 0 Å². The Morgan fingerprint density at radius 2 is 1.75 bits per heavy atom. The monoisotopic (exact) mass is 429 g/mol. The Morgan fingerprint density at radius 3 is 2.50 bits per heavy atom. The van der Waals surface area contributed by atoms with E-state index in [1.807, 2.05) is 48.9 Å². The predicted molar refractivity (Wildman–Crippen MR) is 121 cm³/mol. The zero-order valence-electron chi connectivity index (χ0n) is 18.1. The Hall–Kier alpha value is -4.08.